The fourth-order valence-corrected chi connectivity index (χ4v) is 5.78. The van der Waals surface area contributed by atoms with Crippen LogP contribution in [-0.4, -0.2) is 50.4 Å². The first-order valence-electron chi connectivity index (χ1n) is 12.9. The minimum atomic E-state index is -3.29. The molecule has 0 bridgehead atoms. The van der Waals surface area contributed by atoms with Gasteiger partial charge in [-0.25, -0.2) is 8.42 Å². The van der Waals surface area contributed by atoms with E-state index in [9.17, 15) is 8.42 Å². The number of sulfonamides is 1. The Balaban J connectivity index is 1.16. The van der Waals surface area contributed by atoms with Crippen LogP contribution in [0.25, 0.3) is 0 Å². The summed E-state index contributed by atoms with van der Waals surface area (Å²) >= 11 is 5.55. The van der Waals surface area contributed by atoms with E-state index in [0.29, 0.717) is 17.5 Å². The molecule has 0 aromatic heterocycles. The number of hydrogen-bond donors (Lipinski definition) is 3. The van der Waals surface area contributed by atoms with Crippen molar-refractivity contribution in [3.05, 3.63) is 54.1 Å². The van der Waals surface area contributed by atoms with E-state index >= 15 is 0 Å². The van der Waals surface area contributed by atoms with Crippen LogP contribution in [0.1, 0.15) is 50.5 Å². The van der Waals surface area contributed by atoms with Gasteiger partial charge in [0, 0.05) is 37.9 Å². The molecule has 1 aliphatic carbocycles. The SMILES string of the molecule is CS(=O)(=O)Nc1ccc(Oc2ccc(CN3CCC(NC(=S)NCC4CCCCC4)CC3)cc2)cc1. The van der Waals surface area contributed by atoms with Crippen molar-refractivity contribution in [3.8, 4) is 11.5 Å². The summed E-state index contributed by atoms with van der Waals surface area (Å²) in [7, 11) is -3.29. The molecule has 0 unspecified atom stereocenters. The molecule has 0 radical (unpaired) electrons. The molecule has 0 amide bonds. The number of hydrogen-bond acceptors (Lipinski definition) is 5. The fraction of sp³-hybridized carbons (Fsp3) is 0.519. The number of piperidine rings is 1. The molecule has 9 heteroatoms. The molecule has 1 saturated heterocycles. The van der Waals surface area contributed by atoms with Crippen LogP contribution in [0.5, 0.6) is 11.5 Å². The molecule has 1 heterocycles. The lowest BCUT2D eigenvalue weighted by atomic mass is 9.89. The predicted molar refractivity (Wildman–Crippen MR) is 150 cm³/mol. The molecule has 196 valence electrons. The summed E-state index contributed by atoms with van der Waals surface area (Å²) in [5.41, 5.74) is 1.77. The molecule has 1 aliphatic heterocycles. The number of ether oxygens (including phenoxy) is 1. The molecule has 0 spiro atoms. The molecule has 2 aliphatic rings. The maximum Gasteiger partial charge on any atom is 0.229 e. The zero-order valence-electron chi connectivity index (χ0n) is 21.0. The first kappa shape index (κ1) is 26.7. The maximum atomic E-state index is 11.3. The molecular weight excluding hydrogens is 492 g/mol. The van der Waals surface area contributed by atoms with Crippen molar-refractivity contribution >= 4 is 33.0 Å². The highest BCUT2D eigenvalue weighted by molar-refractivity contribution is 7.92. The number of nitrogens with zero attached hydrogens (tertiary/aromatic N) is 1. The van der Waals surface area contributed by atoms with Crippen LogP contribution >= 0.6 is 12.2 Å². The molecule has 2 aromatic carbocycles. The third kappa shape index (κ3) is 8.94. The Hall–Kier alpha value is -2.36. The Morgan fingerprint density at radius 1 is 0.944 bits per heavy atom. The quantitative estimate of drug-likeness (QED) is 0.400. The zero-order chi connectivity index (χ0) is 25.4. The number of benzene rings is 2. The highest BCUT2D eigenvalue weighted by Gasteiger charge is 2.20. The lowest BCUT2D eigenvalue weighted by Gasteiger charge is -2.33. The average molecular weight is 531 g/mol. The first-order valence-corrected chi connectivity index (χ1v) is 15.2. The summed E-state index contributed by atoms with van der Waals surface area (Å²) in [4.78, 5) is 2.49. The van der Waals surface area contributed by atoms with Crippen molar-refractivity contribution in [1.29, 1.82) is 0 Å². The Kier molecular flexibility index (Phi) is 9.45. The van der Waals surface area contributed by atoms with Gasteiger partial charge in [0.2, 0.25) is 10.0 Å². The summed E-state index contributed by atoms with van der Waals surface area (Å²) in [5.74, 6) is 2.18. The predicted octanol–water partition coefficient (Wildman–Crippen LogP) is 4.86. The summed E-state index contributed by atoms with van der Waals surface area (Å²) in [6, 6.07) is 15.5. The van der Waals surface area contributed by atoms with E-state index in [1.54, 1.807) is 24.3 Å². The second-order valence-corrected chi connectivity index (χ2v) is 12.2. The van der Waals surface area contributed by atoms with E-state index in [0.717, 1.165) is 62.1 Å². The van der Waals surface area contributed by atoms with Gasteiger partial charge in [-0.3, -0.25) is 9.62 Å². The van der Waals surface area contributed by atoms with E-state index in [1.165, 1.54) is 37.7 Å². The van der Waals surface area contributed by atoms with Gasteiger partial charge < -0.3 is 15.4 Å². The van der Waals surface area contributed by atoms with E-state index in [4.69, 9.17) is 17.0 Å². The van der Waals surface area contributed by atoms with Crippen LogP contribution in [0, 0.1) is 5.92 Å². The Labute approximate surface area is 221 Å². The number of anilines is 1. The Morgan fingerprint density at radius 2 is 1.56 bits per heavy atom. The van der Waals surface area contributed by atoms with Crippen molar-refractivity contribution in [3.63, 3.8) is 0 Å². The van der Waals surface area contributed by atoms with Gasteiger partial charge in [0.05, 0.1) is 6.26 Å². The van der Waals surface area contributed by atoms with Crippen LogP contribution in [-0.2, 0) is 16.6 Å². The third-order valence-corrected chi connectivity index (χ3v) is 7.79. The topological polar surface area (TPSA) is 82.7 Å². The van der Waals surface area contributed by atoms with Gasteiger partial charge in [-0.15, -0.1) is 0 Å². The minimum Gasteiger partial charge on any atom is -0.457 e. The zero-order valence-corrected chi connectivity index (χ0v) is 22.7. The standard InChI is InChI=1S/C27H38N4O3S2/c1-36(32,33)30-24-9-13-26(14-10-24)34-25-11-7-22(8-12-25)20-31-17-15-23(16-18-31)29-27(35)28-19-21-5-3-2-4-6-21/h7-14,21,23,30H,2-6,15-20H2,1H3,(H2,28,29,35). The van der Waals surface area contributed by atoms with E-state index in [1.807, 2.05) is 12.1 Å². The first-order chi connectivity index (χ1) is 17.3. The van der Waals surface area contributed by atoms with Gasteiger partial charge >= 0.3 is 0 Å². The lowest BCUT2D eigenvalue weighted by Crippen LogP contribution is -2.48. The Morgan fingerprint density at radius 3 is 2.17 bits per heavy atom. The van der Waals surface area contributed by atoms with Crippen molar-refractivity contribution in [2.75, 3.05) is 30.6 Å². The van der Waals surface area contributed by atoms with Crippen molar-refractivity contribution in [2.45, 2.75) is 57.5 Å². The molecule has 1 saturated carbocycles. The molecule has 3 N–H and O–H groups in total. The molecule has 4 rings (SSSR count). The van der Waals surface area contributed by atoms with Crippen LogP contribution in [0.4, 0.5) is 5.69 Å². The molecule has 7 nitrogen and oxygen atoms in total. The Bertz CT molecular complexity index is 1080. The number of thiocarbonyl (C=S) groups is 1. The van der Waals surface area contributed by atoms with Crippen molar-refractivity contribution < 1.29 is 13.2 Å². The smallest absolute Gasteiger partial charge is 0.229 e. The van der Waals surface area contributed by atoms with Crippen LogP contribution in [0.3, 0.4) is 0 Å². The summed E-state index contributed by atoms with van der Waals surface area (Å²) in [6.45, 7) is 4.03. The van der Waals surface area contributed by atoms with Crippen LogP contribution in [0.2, 0.25) is 0 Å². The molecule has 36 heavy (non-hydrogen) atoms. The lowest BCUT2D eigenvalue weighted by molar-refractivity contribution is 0.198. The van der Waals surface area contributed by atoms with Crippen molar-refractivity contribution in [1.82, 2.24) is 15.5 Å². The molecule has 2 fully saturated rings. The summed E-state index contributed by atoms with van der Waals surface area (Å²) in [5, 5.41) is 7.80. The van der Waals surface area contributed by atoms with Crippen LogP contribution < -0.4 is 20.1 Å². The number of nitrogens with one attached hydrogen (secondary N) is 3. The van der Waals surface area contributed by atoms with Gasteiger partial charge in [-0.2, -0.15) is 0 Å². The molecular formula is C27H38N4O3S2. The maximum absolute atomic E-state index is 11.3. The van der Waals surface area contributed by atoms with Crippen LogP contribution in [0.15, 0.2) is 48.5 Å². The average Bonchev–Trinajstić information content (AvgIpc) is 2.86. The van der Waals surface area contributed by atoms with E-state index < -0.39 is 10.0 Å². The monoisotopic (exact) mass is 530 g/mol. The third-order valence-electron chi connectivity index (χ3n) is 6.92. The van der Waals surface area contributed by atoms with Crippen molar-refractivity contribution in [2.24, 2.45) is 5.92 Å². The molecule has 0 atom stereocenters. The normalized spacial score (nSPS) is 17.9. The second-order valence-electron chi connectivity index (χ2n) is 10.1. The summed E-state index contributed by atoms with van der Waals surface area (Å²) < 4.78 is 31.0. The van der Waals surface area contributed by atoms with Gasteiger partial charge in [0.25, 0.3) is 0 Å². The van der Waals surface area contributed by atoms with Gasteiger partial charge in [0.1, 0.15) is 11.5 Å². The van der Waals surface area contributed by atoms with Gasteiger partial charge in [-0.05, 0) is 85.8 Å². The summed E-state index contributed by atoms with van der Waals surface area (Å²) in [6.07, 6.45) is 10.1. The van der Waals surface area contributed by atoms with Gasteiger partial charge in [-0.1, -0.05) is 31.4 Å². The fourth-order valence-electron chi connectivity index (χ4n) is 4.96. The highest BCUT2D eigenvalue weighted by atomic mass is 32.2. The second kappa shape index (κ2) is 12.7. The van der Waals surface area contributed by atoms with E-state index in [2.05, 4.69) is 32.4 Å². The number of rotatable bonds is 9. The van der Waals surface area contributed by atoms with E-state index in [-0.39, 0.29) is 0 Å². The highest BCUT2D eigenvalue weighted by Crippen LogP contribution is 2.25. The number of likely N-dealkylation sites (tertiary alicyclic amines) is 1. The largest absolute Gasteiger partial charge is 0.457 e. The molecule has 2 aromatic rings. The van der Waals surface area contributed by atoms with Gasteiger partial charge in [0.15, 0.2) is 5.11 Å². The minimum absolute atomic E-state index is 0.447.